The Kier molecular flexibility index (Phi) is 7.02. The molecule has 0 spiro atoms. The minimum atomic E-state index is -0.470. The molecule has 7 nitrogen and oxygen atoms in total. The largest absolute Gasteiger partial charge is 0.462 e. The Morgan fingerprint density at radius 1 is 1.14 bits per heavy atom. The van der Waals surface area contributed by atoms with Gasteiger partial charge in [0.25, 0.3) is 5.56 Å². The van der Waals surface area contributed by atoms with Gasteiger partial charge in [0.15, 0.2) is 5.16 Å². The molecular formula is C21H21N3O4S. The third-order valence-electron chi connectivity index (χ3n) is 4.08. The van der Waals surface area contributed by atoms with Gasteiger partial charge in [-0.05, 0) is 30.7 Å². The second-order valence-corrected chi connectivity index (χ2v) is 7.22. The van der Waals surface area contributed by atoms with Crippen LogP contribution < -0.4 is 10.9 Å². The van der Waals surface area contributed by atoms with Gasteiger partial charge >= 0.3 is 5.97 Å². The van der Waals surface area contributed by atoms with Crippen molar-refractivity contribution in [2.45, 2.75) is 24.9 Å². The van der Waals surface area contributed by atoms with Gasteiger partial charge in [-0.1, -0.05) is 49.4 Å². The molecule has 3 aromatic rings. The Labute approximate surface area is 171 Å². The van der Waals surface area contributed by atoms with E-state index in [9.17, 15) is 14.4 Å². The molecule has 0 saturated carbocycles. The minimum Gasteiger partial charge on any atom is -0.462 e. The molecule has 1 heterocycles. The Balaban J connectivity index is 1.64. The van der Waals surface area contributed by atoms with E-state index in [1.54, 1.807) is 48.5 Å². The summed E-state index contributed by atoms with van der Waals surface area (Å²) in [5.74, 6) is -0.761. The van der Waals surface area contributed by atoms with Crippen molar-refractivity contribution >= 4 is 40.2 Å². The van der Waals surface area contributed by atoms with Crippen LogP contribution in [0.3, 0.4) is 0 Å². The van der Waals surface area contributed by atoms with Gasteiger partial charge in [-0.2, -0.15) is 0 Å². The Bertz CT molecular complexity index is 1080. The van der Waals surface area contributed by atoms with Gasteiger partial charge in [0.05, 0.1) is 34.5 Å². The van der Waals surface area contributed by atoms with Gasteiger partial charge < -0.3 is 15.0 Å². The van der Waals surface area contributed by atoms with Crippen LogP contribution in [0.1, 0.15) is 30.1 Å². The van der Waals surface area contributed by atoms with Gasteiger partial charge in [-0.25, -0.2) is 9.78 Å². The third-order valence-corrected chi connectivity index (χ3v) is 4.96. The number of ether oxygens (including phenoxy) is 1. The van der Waals surface area contributed by atoms with Gasteiger partial charge in [0.2, 0.25) is 5.91 Å². The summed E-state index contributed by atoms with van der Waals surface area (Å²) in [6.45, 7) is 2.35. The monoisotopic (exact) mass is 411 g/mol. The molecule has 2 aromatic carbocycles. The second-order valence-electron chi connectivity index (χ2n) is 6.26. The smallest absolute Gasteiger partial charge is 0.340 e. The zero-order valence-corrected chi connectivity index (χ0v) is 16.8. The molecule has 1 aromatic heterocycles. The molecule has 0 saturated heterocycles. The molecule has 0 bridgehead atoms. The Morgan fingerprint density at radius 3 is 2.72 bits per heavy atom. The normalized spacial score (nSPS) is 10.7. The summed E-state index contributed by atoms with van der Waals surface area (Å²) in [5, 5.41) is 3.58. The van der Waals surface area contributed by atoms with Crippen LogP contribution in [0.25, 0.3) is 10.9 Å². The number of anilines is 1. The Morgan fingerprint density at radius 2 is 1.90 bits per heavy atom. The van der Waals surface area contributed by atoms with Crippen molar-refractivity contribution in [3.05, 3.63) is 64.4 Å². The van der Waals surface area contributed by atoms with Crippen LogP contribution in [0.2, 0.25) is 0 Å². The number of thioether (sulfide) groups is 1. The first-order valence-corrected chi connectivity index (χ1v) is 10.2. The lowest BCUT2D eigenvalue weighted by atomic mass is 10.2. The number of aromatic amines is 1. The maximum Gasteiger partial charge on any atom is 0.340 e. The molecule has 0 unspecified atom stereocenters. The van der Waals surface area contributed by atoms with Crippen molar-refractivity contribution in [2.24, 2.45) is 0 Å². The summed E-state index contributed by atoms with van der Waals surface area (Å²) in [5.41, 5.74) is 1.01. The fourth-order valence-corrected chi connectivity index (χ4v) is 3.28. The number of aromatic nitrogens is 2. The van der Waals surface area contributed by atoms with Crippen molar-refractivity contribution in [2.75, 3.05) is 17.7 Å². The molecule has 29 heavy (non-hydrogen) atoms. The first-order chi connectivity index (χ1) is 14.1. The van der Waals surface area contributed by atoms with Crippen molar-refractivity contribution in [1.82, 2.24) is 9.97 Å². The SMILES string of the molecule is CCCCOC(=O)c1ccccc1NC(=O)CSc1nc2ccccc2c(=O)[nH]1. The highest BCUT2D eigenvalue weighted by atomic mass is 32.2. The van der Waals surface area contributed by atoms with E-state index in [0.29, 0.717) is 33.9 Å². The lowest BCUT2D eigenvalue weighted by Crippen LogP contribution is -2.18. The maximum atomic E-state index is 12.4. The summed E-state index contributed by atoms with van der Waals surface area (Å²) in [6.07, 6.45) is 1.71. The molecule has 0 aliphatic heterocycles. The fraction of sp³-hybridized carbons (Fsp3) is 0.238. The zero-order chi connectivity index (χ0) is 20.6. The highest BCUT2D eigenvalue weighted by molar-refractivity contribution is 7.99. The predicted molar refractivity (Wildman–Crippen MR) is 113 cm³/mol. The lowest BCUT2D eigenvalue weighted by molar-refractivity contribution is -0.113. The average Bonchev–Trinajstić information content (AvgIpc) is 2.73. The summed E-state index contributed by atoms with van der Waals surface area (Å²) in [4.78, 5) is 43.7. The topological polar surface area (TPSA) is 101 Å². The van der Waals surface area contributed by atoms with Crippen LogP contribution in [0.5, 0.6) is 0 Å². The van der Waals surface area contributed by atoms with Crippen LogP contribution in [0, 0.1) is 0 Å². The minimum absolute atomic E-state index is 0.0283. The lowest BCUT2D eigenvalue weighted by Gasteiger charge is -2.10. The molecule has 150 valence electrons. The van der Waals surface area contributed by atoms with E-state index in [2.05, 4.69) is 15.3 Å². The van der Waals surface area contributed by atoms with E-state index in [-0.39, 0.29) is 17.2 Å². The number of benzene rings is 2. The third kappa shape index (κ3) is 5.45. The van der Waals surface area contributed by atoms with Crippen LogP contribution >= 0.6 is 11.8 Å². The zero-order valence-electron chi connectivity index (χ0n) is 15.9. The number of nitrogens with one attached hydrogen (secondary N) is 2. The number of rotatable bonds is 8. The number of fused-ring (bicyclic) bond motifs is 1. The number of H-pyrrole nitrogens is 1. The van der Waals surface area contributed by atoms with E-state index >= 15 is 0 Å². The van der Waals surface area contributed by atoms with Crippen LogP contribution in [0.15, 0.2) is 58.5 Å². The van der Waals surface area contributed by atoms with Crippen LogP contribution in [0.4, 0.5) is 5.69 Å². The van der Waals surface area contributed by atoms with Crippen molar-refractivity contribution in [3.63, 3.8) is 0 Å². The highest BCUT2D eigenvalue weighted by Gasteiger charge is 2.15. The van der Waals surface area contributed by atoms with Crippen molar-refractivity contribution in [1.29, 1.82) is 0 Å². The number of carbonyl (C=O) groups excluding carboxylic acids is 2. The van der Waals surface area contributed by atoms with Gasteiger partial charge in [0.1, 0.15) is 0 Å². The number of hydrogen-bond acceptors (Lipinski definition) is 6. The second kappa shape index (κ2) is 9.88. The number of carbonyl (C=O) groups is 2. The molecule has 0 aliphatic rings. The van der Waals surface area contributed by atoms with E-state index in [4.69, 9.17) is 4.74 Å². The molecule has 0 radical (unpaired) electrons. The number of nitrogens with zero attached hydrogens (tertiary/aromatic N) is 1. The number of esters is 1. The van der Waals surface area contributed by atoms with Gasteiger partial charge in [-0.15, -0.1) is 0 Å². The van der Waals surface area contributed by atoms with E-state index in [1.165, 1.54) is 0 Å². The van der Waals surface area contributed by atoms with E-state index in [0.717, 1.165) is 24.6 Å². The first-order valence-electron chi connectivity index (χ1n) is 9.26. The number of hydrogen-bond donors (Lipinski definition) is 2. The highest BCUT2D eigenvalue weighted by Crippen LogP contribution is 2.19. The first kappa shape index (κ1) is 20.6. The standard InChI is InChI=1S/C21H21N3O4S/c1-2-3-12-28-20(27)15-9-5-7-11-17(15)22-18(25)13-29-21-23-16-10-6-4-8-14(16)19(26)24-21/h4-11H,2-3,12-13H2,1H3,(H,22,25)(H,23,24,26). The molecule has 0 fully saturated rings. The van der Waals surface area contributed by atoms with Crippen molar-refractivity contribution in [3.8, 4) is 0 Å². The molecule has 3 rings (SSSR count). The van der Waals surface area contributed by atoms with E-state index < -0.39 is 5.97 Å². The van der Waals surface area contributed by atoms with E-state index in [1.807, 2.05) is 6.92 Å². The Hall–Kier alpha value is -3.13. The maximum absolute atomic E-state index is 12.4. The summed E-state index contributed by atoms with van der Waals surface area (Å²) in [6, 6.07) is 13.7. The fourth-order valence-electron chi connectivity index (χ4n) is 2.61. The van der Waals surface area contributed by atoms with Crippen molar-refractivity contribution < 1.29 is 14.3 Å². The summed E-state index contributed by atoms with van der Waals surface area (Å²) in [7, 11) is 0. The number of amides is 1. The molecule has 2 N–H and O–H groups in total. The van der Waals surface area contributed by atoms with Gasteiger partial charge in [0, 0.05) is 0 Å². The molecule has 1 amide bonds. The van der Waals surface area contributed by atoms with Crippen LogP contribution in [-0.2, 0) is 9.53 Å². The summed E-state index contributed by atoms with van der Waals surface area (Å²) < 4.78 is 5.23. The van der Waals surface area contributed by atoms with Crippen LogP contribution in [-0.4, -0.2) is 34.2 Å². The predicted octanol–water partition coefficient (Wildman–Crippen LogP) is 3.61. The van der Waals surface area contributed by atoms with Gasteiger partial charge in [-0.3, -0.25) is 9.59 Å². The summed E-state index contributed by atoms with van der Waals surface area (Å²) >= 11 is 1.11. The average molecular weight is 411 g/mol. The number of para-hydroxylation sites is 2. The molecule has 8 heteroatoms. The molecular weight excluding hydrogens is 390 g/mol. The molecule has 0 aliphatic carbocycles. The molecule has 0 atom stereocenters. The quantitative estimate of drug-likeness (QED) is 0.254. The number of unbranched alkanes of at least 4 members (excludes halogenated alkanes) is 1.